The Kier molecular flexibility index (Phi) is 5.15. The number of aryl methyl sites for hydroxylation is 1. The first-order valence-corrected chi connectivity index (χ1v) is 8.99. The highest BCUT2D eigenvalue weighted by Crippen LogP contribution is 2.24. The first kappa shape index (κ1) is 16.2. The third kappa shape index (κ3) is 4.22. The molecule has 2 aromatic heterocycles. The van der Waals surface area contributed by atoms with Gasteiger partial charge < -0.3 is 5.32 Å². The number of nitrogens with zero attached hydrogens (tertiary/aromatic N) is 1. The zero-order chi connectivity index (χ0) is 16.2. The van der Waals surface area contributed by atoms with Crippen molar-refractivity contribution in [2.75, 3.05) is 0 Å². The first-order chi connectivity index (χ1) is 11.1. The smallest absolute Gasteiger partial charge is 0.159 e. The Labute approximate surface area is 141 Å². The second kappa shape index (κ2) is 7.29. The highest BCUT2D eigenvalue weighted by Gasteiger charge is 2.16. The summed E-state index contributed by atoms with van der Waals surface area (Å²) in [4.78, 5) is 5.83. The monoisotopic (exact) mass is 350 g/mol. The molecule has 1 aromatic carbocycles. The average molecular weight is 350 g/mol. The van der Waals surface area contributed by atoms with E-state index in [0.29, 0.717) is 12.1 Å². The second-order valence-corrected chi connectivity index (χ2v) is 7.21. The Morgan fingerprint density at radius 3 is 2.70 bits per heavy atom. The van der Waals surface area contributed by atoms with Gasteiger partial charge >= 0.3 is 0 Å². The maximum atomic E-state index is 13.3. The van der Waals surface area contributed by atoms with E-state index in [4.69, 9.17) is 0 Å². The highest BCUT2D eigenvalue weighted by molar-refractivity contribution is 7.10. The third-order valence-corrected chi connectivity index (χ3v) is 5.43. The summed E-state index contributed by atoms with van der Waals surface area (Å²) in [6.45, 7) is 2.43. The van der Waals surface area contributed by atoms with Crippen molar-refractivity contribution < 1.29 is 8.78 Å². The van der Waals surface area contributed by atoms with Crippen molar-refractivity contribution in [1.29, 1.82) is 0 Å². The number of hydrogen-bond acceptors (Lipinski definition) is 4. The van der Waals surface area contributed by atoms with E-state index in [1.165, 1.54) is 10.9 Å². The lowest BCUT2D eigenvalue weighted by atomic mass is 10.1. The predicted octanol–water partition coefficient (Wildman–Crippen LogP) is 4.86. The van der Waals surface area contributed by atoms with E-state index in [1.54, 1.807) is 28.7 Å². The van der Waals surface area contributed by atoms with E-state index in [-0.39, 0.29) is 6.04 Å². The van der Waals surface area contributed by atoms with E-state index in [9.17, 15) is 8.78 Å². The second-order valence-electron chi connectivity index (χ2n) is 5.29. The van der Waals surface area contributed by atoms with Crippen LogP contribution in [-0.4, -0.2) is 4.98 Å². The van der Waals surface area contributed by atoms with Crippen molar-refractivity contribution in [2.24, 2.45) is 0 Å². The summed E-state index contributed by atoms with van der Waals surface area (Å²) < 4.78 is 26.3. The van der Waals surface area contributed by atoms with E-state index in [0.717, 1.165) is 23.2 Å². The summed E-state index contributed by atoms with van der Waals surface area (Å²) in [6, 6.07) is 8.17. The van der Waals surface area contributed by atoms with Crippen LogP contribution in [-0.2, 0) is 13.0 Å². The van der Waals surface area contributed by atoms with Crippen LogP contribution in [0.3, 0.4) is 0 Å². The van der Waals surface area contributed by atoms with E-state index in [1.807, 2.05) is 18.4 Å². The molecule has 0 fully saturated rings. The van der Waals surface area contributed by atoms with Crippen LogP contribution in [0.1, 0.15) is 27.2 Å². The Morgan fingerprint density at radius 1 is 1.17 bits per heavy atom. The van der Waals surface area contributed by atoms with Crippen LogP contribution >= 0.6 is 22.7 Å². The zero-order valence-corrected chi connectivity index (χ0v) is 14.2. The maximum absolute atomic E-state index is 13.3. The fourth-order valence-corrected chi connectivity index (χ4v) is 3.92. The molecule has 0 aliphatic heterocycles. The van der Waals surface area contributed by atoms with Gasteiger partial charge in [-0.25, -0.2) is 13.8 Å². The number of benzene rings is 1. The number of rotatable bonds is 6. The van der Waals surface area contributed by atoms with Crippen molar-refractivity contribution in [3.63, 3.8) is 0 Å². The van der Waals surface area contributed by atoms with Gasteiger partial charge in [-0.15, -0.1) is 22.7 Å². The Hall–Kier alpha value is -1.63. The fourth-order valence-electron chi connectivity index (χ4n) is 2.30. The molecule has 1 atom stereocenters. The molecule has 0 bridgehead atoms. The molecule has 0 aliphatic rings. The average Bonchev–Trinajstić information content (AvgIpc) is 3.18. The van der Waals surface area contributed by atoms with Crippen LogP contribution in [0, 0.1) is 18.6 Å². The van der Waals surface area contributed by atoms with Crippen LogP contribution < -0.4 is 5.32 Å². The number of hydrogen-bond donors (Lipinski definition) is 1. The topological polar surface area (TPSA) is 24.9 Å². The normalized spacial score (nSPS) is 12.5. The van der Waals surface area contributed by atoms with Crippen molar-refractivity contribution in [1.82, 2.24) is 10.3 Å². The molecule has 6 heteroatoms. The molecule has 2 heterocycles. The molecule has 3 rings (SSSR count). The largest absolute Gasteiger partial charge is 0.304 e. The fraction of sp³-hybridized carbons (Fsp3) is 0.235. The van der Waals surface area contributed by atoms with E-state index in [2.05, 4.69) is 21.7 Å². The van der Waals surface area contributed by atoms with Gasteiger partial charge in [0.1, 0.15) is 5.01 Å². The van der Waals surface area contributed by atoms with Gasteiger partial charge in [-0.05, 0) is 36.1 Å². The quantitative estimate of drug-likeness (QED) is 0.686. The first-order valence-electron chi connectivity index (χ1n) is 7.23. The number of aromatic nitrogens is 1. The minimum absolute atomic E-state index is 0.0560. The van der Waals surface area contributed by atoms with Crippen LogP contribution in [0.4, 0.5) is 8.78 Å². The maximum Gasteiger partial charge on any atom is 0.159 e. The van der Waals surface area contributed by atoms with Gasteiger partial charge in [-0.2, -0.15) is 0 Å². The van der Waals surface area contributed by atoms with Gasteiger partial charge in [0.25, 0.3) is 0 Å². The lowest BCUT2D eigenvalue weighted by Crippen LogP contribution is -2.22. The van der Waals surface area contributed by atoms with Gasteiger partial charge in [0, 0.05) is 28.9 Å². The number of nitrogens with one attached hydrogen (secondary N) is 1. The van der Waals surface area contributed by atoms with Crippen molar-refractivity contribution in [3.05, 3.63) is 73.9 Å². The summed E-state index contributed by atoms with van der Waals surface area (Å²) in [5.74, 6) is -1.64. The molecule has 1 N–H and O–H groups in total. The third-order valence-electron chi connectivity index (χ3n) is 3.46. The van der Waals surface area contributed by atoms with Crippen LogP contribution in [0.15, 0.2) is 41.1 Å². The van der Waals surface area contributed by atoms with Crippen molar-refractivity contribution in [2.45, 2.75) is 25.9 Å². The zero-order valence-electron chi connectivity index (χ0n) is 12.6. The molecule has 0 saturated heterocycles. The van der Waals surface area contributed by atoms with Crippen LogP contribution in [0.2, 0.25) is 0 Å². The standard InChI is InChI=1S/C17H16F2N2S2/c1-11-10-23-17(21-11)16(8-13-3-2-6-22-13)20-9-12-4-5-14(18)15(19)7-12/h2-7,10,16,20H,8-9H2,1H3/t16-/m0/s1. The minimum atomic E-state index is -0.820. The van der Waals surface area contributed by atoms with E-state index >= 15 is 0 Å². The summed E-state index contributed by atoms with van der Waals surface area (Å²) in [5.41, 5.74) is 1.71. The number of thiophene rings is 1. The Morgan fingerprint density at radius 2 is 2.04 bits per heavy atom. The molecule has 0 radical (unpaired) electrons. The molecule has 3 aromatic rings. The summed E-state index contributed by atoms with van der Waals surface area (Å²) in [6.07, 6.45) is 0.828. The lowest BCUT2D eigenvalue weighted by Gasteiger charge is -2.16. The van der Waals surface area contributed by atoms with Gasteiger partial charge in [-0.3, -0.25) is 0 Å². The summed E-state index contributed by atoms with van der Waals surface area (Å²) >= 11 is 3.32. The Balaban J connectivity index is 1.74. The SMILES string of the molecule is Cc1csc([C@H](Cc2cccs2)NCc2ccc(F)c(F)c2)n1. The highest BCUT2D eigenvalue weighted by atomic mass is 32.1. The molecular formula is C17H16F2N2S2. The molecule has 0 amide bonds. The predicted molar refractivity (Wildman–Crippen MR) is 90.8 cm³/mol. The van der Waals surface area contributed by atoms with Crippen molar-refractivity contribution >= 4 is 22.7 Å². The van der Waals surface area contributed by atoms with Gasteiger partial charge in [0.15, 0.2) is 11.6 Å². The summed E-state index contributed by atoms with van der Waals surface area (Å²) in [7, 11) is 0. The molecular weight excluding hydrogens is 334 g/mol. The number of halogens is 2. The van der Waals surface area contributed by atoms with E-state index < -0.39 is 11.6 Å². The molecule has 23 heavy (non-hydrogen) atoms. The van der Waals surface area contributed by atoms with Crippen LogP contribution in [0.5, 0.6) is 0 Å². The summed E-state index contributed by atoms with van der Waals surface area (Å²) in [5, 5.41) is 8.50. The minimum Gasteiger partial charge on any atom is -0.304 e. The molecule has 0 unspecified atom stereocenters. The lowest BCUT2D eigenvalue weighted by molar-refractivity contribution is 0.500. The van der Waals surface area contributed by atoms with Crippen LogP contribution in [0.25, 0.3) is 0 Å². The van der Waals surface area contributed by atoms with Gasteiger partial charge in [-0.1, -0.05) is 12.1 Å². The van der Waals surface area contributed by atoms with Gasteiger partial charge in [0.05, 0.1) is 6.04 Å². The molecule has 0 saturated carbocycles. The molecule has 0 aliphatic carbocycles. The van der Waals surface area contributed by atoms with Crippen molar-refractivity contribution in [3.8, 4) is 0 Å². The van der Waals surface area contributed by atoms with Gasteiger partial charge in [0.2, 0.25) is 0 Å². The molecule has 120 valence electrons. The molecule has 0 spiro atoms. The number of thiazole rings is 1. The molecule has 2 nitrogen and oxygen atoms in total. The Bertz CT molecular complexity index is 769.